The predicted molar refractivity (Wildman–Crippen MR) is 70.7 cm³/mol. The molecular weight excluding hydrogens is 262 g/mol. The van der Waals surface area contributed by atoms with Gasteiger partial charge in [-0.1, -0.05) is 22.0 Å². The molecule has 1 saturated heterocycles. The number of benzene rings is 1. The molecule has 0 saturated carbocycles. The first-order valence-corrected chi connectivity index (χ1v) is 7.13. The Morgan fingerprint density at radius 1 is 1.19 bits per heavy atom. The van der Waals surface area contributed by atoms with E-state index in [-0.39, 0.29) is 0 Å². The van der Waals surface area contributed by atoms with Gasteiger partial charge < -0.3 is 5.32 Å². The van der Waals surface area contributed by atoms with Crippen LogP contribution in [0.5, 0.6) is 0 Å². The monoisotopic (exact) mass is 279 g/mol. The Balaban J connectivity index is 1.78. The first kappa shape index (κ1) is 10.8. The second-order valence-electron chi connectivity index (χ2n) is 5.12. The van der Waals surface area contributed by atoms with Gasteiger partial charge in [0.15, 0.2) is 0 Å². The third-order valence-corrected chi connectivity index (χ3v) is 4.60. The van der Waals surface area contributed by atoms with Gasteiger partial charge >= 0.3 is 0 Å². The first-order chi connectivity index (χ1) is 7.83. The van der Waals surface area contributed by atoms with Crippen LogP contribution in [0, 0.1) is 5.92 Å². The lowest BCUT2D eigenvalue weighted by atomic mass is 9.79. The number of fused-ring (bicyclic) bond motifs is 1. The highest BCUT2D eigenvalue weighted by Crippen LogP contribution is 2.31. The van der Waals surface area contributed by atoms with Gasteiger partial charge in [-0.25, -0.2) is 0 Å². The highest BCUT2D eigenvalue weighted by Gasteiger charge is 2.27. The van der Waals surface area contributed by atoms with Crippen molar-refractivity contribution in [3.05, 3.63) is 33.8 Å². The van der Waals surface area contributed by atoms with Crippen molar-refractivity contribution in [2.24, 2.45) is 5.92 Å². The van der Waals surface area contributed by atoms with Crippen molar-refractivity contribution in [3.8, 4) is 0 Å². The minimum Gasteiger partial charge on any atom is -0.314 e. The van der Waals surface area contributed by atoms with E-state index in [0.717, 1.165) is 12.0 Å². The van der Waals surface area contributed by atoms with Crippen LogP contribution >= 0.6 is 15.9 Å². The summed E-state index contributed by atoms with van der Waals surface area (Å²) < 4.78 is 1.23. The van der Waals surface area contributed by atoms with Gasteiger partial charge in [0, 0.05) is 10.5 Å². The minimum absolute atomic E-state index is 0.789. The second-order valence-corrected chi connectivity index (χ2v) is 6.03. The number of rotatable bonds is 1. The Labute approximate surface area is 106 Å². The molecule has 1 aromatic carbocycles. The molecule has 1 fully saturated rings. The van der Waals surface area contributed by atoms with Gasteiger partial charge in [0.05, 0.1) is 0 Å². The van der Waals surface area contributed by atoms with E-state index in [4.69, 9.17) is 0 Å². The fourth-order valence-electron chi connectivity index (χ4n) is 3.21. The summed E-state index contributed by atoms with van der Waals surface area (Å²) in [4.78, 5) is 0. The fourth-order valence-corrected chi connectivity index (χ4v) is 3.62. The van der Waals surface area contributed by atoms with E-state index in [0.29, 0.717) is 0 Å². The molecule has 86 valence electrons. The molecule has 0 amide bonds. The van der Waals surface area contributed by atoms with E-state index in [1.165, 1.54) is 43.1 Å². The van der Waals surface area contributed by atoms with Crippen molar-refractivity contribution in [2.45, 2.75) is 38.1 Å². The zero-order valence-corrected chi connectivity index (χ0v) is 11.1. The molecule has 0 bridgehead atoms. The van der Waals surface area contributed by atoms with E-state index >= 15 is 0 Å². The van der Waals surface area contributed by atoms with Crippen molar-refractivity contribution >= 4 is 15.9 Å². The van der Waals surface area contributed by atoms with Crippen LogP contribution in [0.1, 0.15) is 30.4 Å². The number of hydrogen-bond donors (Lipinski definition) is 1. The highest BCUT2D eigenvalue weighted by molar-refractivity contribution is 9.10. The molecule has 2 aliphatic rings. The third-order valence-electron chi connectivity index (χ3n) is 4.10. The van der Waals surface area contributed by atoms with Crippen LogP contribution in [0.15, 0.2) is 22.7 Å². The molecule has 0 spiro atoms. The van der Waals surface area contributed by atoms with E-state index < -0.39 is 0 Å². The van der Waals surface area contributed by atoms with Crippen LogP contribution in [0.25, 0.3) is 0 Å². The maximum atomic E-state index is 3.66. The number of nitrogens with one attached hydrogen (secondary N) is 1. The fraction of sp³-hybridized carbons (Fsp3) is 0.571. The lowest BCUT2D eigenvalue weighted by Crippen LogP contribution is -2.34. The Morgan fingerprint density at radius 3 is 2.94 bits per heavy atom. The Morgan fingerprint density at radius 2 is 2.12 bits per heavy atom. The van der Waals surface area contributed by atoms with Crippen molar-refractivity contribution in [3.63, 3.8) is 0 Å². The molecule has 1 heterocycles. The van der Waals surface area contributed by atoms with Crippen LogP contribution in [0.3, 0.4) is 0 Å². The van der Waals surface area contributed by atoms with Crippen molar-refractivity contribution in [1.29, 1.82) is 0 Å². The molecule has 1 aromatic rings. The molecular formula is C14H18BrN. The Kier molecular flexibility index (Phi) is 3.03. The average Bonchev–Trinajstić information content (AvgIpc) is 2.82. The summed E-state index contributed by atoms with van der Waals surface area (Å²) in [6.45, 7) is 1.23. The third kappa shape index (κ3) is 2.05. The quantitative estimate of drug-likeness (QED) is 0.832. The van der Waals surface area contributed by atoms with Crippen molar-refractivity contribution in [1.82, 2.24) is 5.32 Å². The summed E-state index contributed by atoms with van der Waals surface area (Å²) in [5.41, 5.74) is 3.14. The van der Waals surface area contributed by atoms with Gasteiger partial charge in [-0.2, -0.15) is 0 Å². The summed E-state index contributed by atoms with van der Waals surface area (Å²) in [6, 6.07) is 7.58. The summed E-state index contributed by atoms with van der Waals surface area (Å²) in [7, 11) is 0. The Bertz CT molecular complexity index is 382. The first-order valence-electron chi connectivity index (χ1n) is 6.33. The zero-order chi connectivity index (χ0) is 11.0. The van der Waals surface area contributed by atoms with Crippen LogP contribution in [0.2, 0.25) is 0 Å². The van der Waals surface area contributed by atoms with Gasteiger partial charge in [-0.05, 0) is 67.8 Å². The van der Waals surface area contributed by atoms with Gasteiger partial charge in [0.2, 0.25) is 0 Å². The summed E-state index contributed by atoms with van der Waals surface area (Å²) in [5, 5.41) is 3.66. The summed E-state index contributed by atoms with van der Waals surface area (Å²) in [5.74, 6) is 0.871. The smallest absolute Gasteiger partial charge is 0.0178 e. The lowest BCUT2D eigenvalue weighted by molar-refractivity contribution is 0.349. The molecule has 16 heavy (non-hydrogen) atoms. The molecule has 1 aliphatic heterocycles. The predicted octanol–water partition coefficient (Wildman–Crippen LogP) is 3.31. The van der Waals surface area contributed by atoms with Crippen molar-refractivity contribution < 1.29 is 0 Å². The molecule has 2 heteroatoms. The molecule has 1 nitrogen and oxygen atoms in total. The molecule has 0 radical (unpaired) electrons. The van der Waals surface area contributed by atoms with Crippen LogP contribution in [-0.2, 0) is 12.8 Å². The topological polar surface area (TPSA) is 12.0 Å². The Hall–Kier alpha value is -0.340. The van der Waals surface area contributed by atoms with Gasteiger partial charge in [0.1, 0.15) is 0 Å². The van der Waals surface area contributed by atoms with E-state index in [9.17, 15) is 0 Å². The molecule has 3 rings (SSSR count). The number of aryl methyl sites for hydroxylation is 1. The van der Waals surface area contributed by atoms with Crippen LogP contribution in [0.4, 0.5) is 0 Å². The van der Waals surface area contributed by atoms with Gasteiger partial charge in [0.25, 0.3) is 0 Å². The zero-order valence-electron chi connectivity index (χ0n) is 9.51. The second kappa shape index (κ2) is 4.50. The standard InChI is InChI=1S/C14H18BrN/c15-13-6-5-10-8-12(4-3-11(10)9-13)14-2-1-7-16-14/h5-6,9,12,14,16H,1-4,7-8H2. The van der Waals surface area contributed by atoms with Gasteiger partial charge in [-0.3, -0.25) is 0 Å². The summed E-state index contributed by atoms with van der Waals surface area (Å²) >= 11 is 3.56. The molecule has 1 aliphatic carbocycles. The SMILES string of the molecule is Brc1ccc2c(c1)CCC(C1CCCN1)C2. The molecule has 2 atom stereocenters. The van der Waals surface area contributed by atoms with Crippen LogP contribution < -0.4 is 5.32 Å². The molecule has 0 aromatic heterocycles. The van der Waals surface area contributed by atoms with E-state index in [1.807, 2.05) is 0 Å². The van der Waals surface area contributed by atoms with Crippen LogP contribution in [-0.4, -0.2) is 12.6 Å². The highest BCUT2D eigenvalue weighted by atomic mass is 79.9. The maximum Gasteiger partial charge on any atom is 0.0178 e. The average molecular weight is 280 g/mol. The number of halogens is 1. The molecule has 2 unspecified atom stereocenters. The van der Waals surface area contributed by atoms with Gasteiger partial charge in [-0.15, -0.1) is 0 Å². The minimum atomic E-state index is 0.789. The van der Waals surface area contributed by atoms with E-state index in [1.54, 1.807) is 11.1 Å². The van der Waals surface area contributed by atoms with E-state index in [2.05, 4.69) is 39.4 Å². The van der Waals surface area contributed by atoms with Crippen molar-refractivity contribution in [2.75, 3.05) is 6.54 Å². The number of hydrogen-bond acceptors (Lipinski definition) is 1. The normalized spacial score (nSPS) is 29.1. The lowest BCUT2D eigenvalue weighted by Gasteiger charge is -2.29. The maximum absolute atomic E-state index is 3.66. The molecule has 1 N–H and O–H groups in total. The summed E-state index contributed by atoms with van der Waals surface area (Å²) in [6.07, 6.45) is 6.66. The largest absolute Gasteiger partial charge is 0.314 e.